The van der Waals surface area contributed by atoms with E-state index in [-0.39, 0.29) is 13.1 Å². The zero-order chi connectivity index (χ0) is 18.5. The Bertz CT molecular complexity index is 591. The maximum Gasteiger partial charge on any atom is 0.259 e. The summed E-state index contributed by atoms with van der Waals surface area (Å²) in [4.78, 5) is 16.7. The second kappa shape index (κ2) is 12.4. The van der Waals surface area contributed by atoms with Gasteiger partial charge in [-0.25, -0.2) is 0 Å². The van der Waals surface area contributed by atoms with Crippen LogP contribution >= 0.6 is 11.8 Å². The molecule has 0 aromatic carbocycles. The normalized spacial score (nSPS) is 11.5. The van der Waals surface area contributed by atoms with Gasteiger partial charge in [0.1, 0.15) is 11.5 Å². The van der Waals surface area contributed by atoms with Crippen molar-refractivity contribution in [2.75, 3.05) is 38.5 Å². The van der Waals surface area contributed by atoms with Crippen LogP contribution in [0.3, 0.4) is 0 Å². The van der Waals surface area contributed by atoms with E-state index in [1.54, 1.807) is 11.8 Å². The molecule has 1 N–H and O–H groups in total. The fraction of sp³-hybridized carbons (Fsp3) is 0.588. The van der Waals surface area contributed by atoms with E-state index in [1.165, 1.54) is 0 Å². The lowest BCUT2D eigenvalue weighted by molar-refractivity contribution is -0.463. The first kappa shape index (κ1) is 21.1. The van der Waals surface area contributed by atoms with Gasteiger partial charge in [0.05, 0.1) is 25.4 Å². The molecular formula is C17H26N4O3S. The van der Waals surface area contributed by atoms with Gasteiger partial charge in [0, 0.05) is 10.7 Å². The molecule has 7 nitrogen and oxygen atoms in total. The Morgan fingerprint density at radius 1 is 1.44 bits per heavy atom. The number of aliphatic imine (C=N–C) groups is 1. The van der Waals surface area contributed by atoms with Crippen LogP contribution in [0, 0.1) is 22.5 Å². The number of furan rings is 1. The Labute approximate surface area is 153 Å². The lowest BCUT2D eigenvalue weighted by Gasteiger charge is -2.15. The summed E-state index contributed by atoms with van der Waals surface area (Å²) >= 11 is 1.68. The number of thioether (sulfide) groups is 1. The van der Waals surface area contributed by atoms with Gasteiger partial charge in [0.2, 0.25) is 0 Å². The molecule has 8 heteroatoms. The number of rotatable bonds is 12. The summed E-state index contributed by atoms with van der Waals surface area (Å²) in [6, 6.07) is 4.02. The van der Waals surface area contributed by atoms with Gasteiger partial charge >= 0.3 is 0 Å². The predicted octanol–water partition coefficient (Wildman–Crippen LogP) is 2.25. The fourth-order valence-corrected chi connectivity index (χ4v) is 2.83. The van der Waals surface area contributed by atoms with Crippen LogP contribution in [0.1, 0.15) is 25.4 Å². The zero-order valence-electron chi connectivity index (χ0n) is 14.9. The molecule has 0 amide bonds. The molecule has 1 rings (SSSR count). The molecule has 1 aromatic rings. The van der Waals surface area contributed by atoms with Crippen molar-refractivity contribution in [2.45, 2.75) is 26.1 Å². The molecule has 1 heterocycles. The third-order valence-corrected chi connectivity index (χ3v) is 4.41. The van der Waals surface area contributed by atoms with Crippen LogP contribution in [0.5, 0.6) is 0 Å². The molecule has 138 valence electrons. The Hall–Kier alpha value is -1.98. The summed E-state index contributed by atoms with van der Waals surface area (Å²) in [5, 5.41) is 13.4. The Kier molecular flexibility index (Phi) is 10.4. The third kappa shape index (κ3) is 9.17. The van der Waals surface area contributed by atoms with Crippen molar-refractivity contribution in [1.29, 1.82) is 0 Å². The van der Waals surface area contributed by atoms with Crippen molar-refractivity contribution in [3.8, 4) is 12.3 Å². The van der Waals surface area contributed by atoms with E-state index < -0.39 is 4.92 Å². The molecule has 0 aliphatic heterocycles. The van der Waals surface area contributed by atoms with E-state index in [9.17, 15) is 10.1 Å². The predicted molar refractivity (Wildman–Crippen MR) is 102 cm³/mol. The highest BCUT2D eigenvalue weighted by Gasteiger charge is 2.07. The van der Waals surface area contributed by atoms with Gasteiger partial charge in [-0.15, -0.1) is 6.42 Å². The molecule has 0 saturated heterocycles. The van der Waals surface area contributed by atoms with E-state index in [4.69, 9.17) is 10.8 Å². The van der Waals surface area contributed by atoms with Gasteiger partial charge < -0.3 is 9.73 Å². The summed E-state index contributed by atoms with van der Waals surface area (Å²) in [5.74, 6) is 6.13. The lowest BCUT2D eigenvalue weighted by atomic mass is 10.4. The number of hydrogen-bond acceptors (Lipinski definition) is 6. The minimum Gasteiger partial charge on any atom is -0.464 e. The molecule has 1 aromatic heterocycles. The Balaban J connectivity index is 2.34. The van der Waals surface area contributed by atoms with Gasteiger partial charge in [-0.05, 0) is 25.2 Å². The topological polar surface area (TPSA) is 83.9 Å². The first-order chi connectivity index (χ1) is 12.1. The minimum absolute atomic E-state index is 0.238. The molecule has 0 aliphatic carbocycles. The lowest BCUT2D eigenvalue weighted by Crippen LogP contribution is -2.31. The fourth-order valence-electron chi connectivity index (χ4n) is 2.11. The number of hydrogen-bond donors (Lipinski definition) is 1. The standard InChI is InChI=1S/C17H26N4O3S/c1-4-9-18-17(13-21(22)23)19-10-11-25-14-16-8-7-15(24-16)12-20(5-2)6-3/h1,7-8H,5-6,9-14H2,2-3H3,(H,18,19). The summed E-state index contributed by atoms with van der Waals surface area (Å²) in [7, 11) is 0. The second-order valence-corrected chi connectivity index (χ2v) is 6.36. The smallest absolute Gasteiger partial charge is 0.259 e. The van der Waals surface area contributed by atoms with Gasteiger partial charge in [-0.2, -0.15) is 11.8 Å². The summed E-state index contributed by atoms with van der Waals surface area (Å²) < 4.78 is 5.83. The summed E-state index contributed by atoms with van der Waals surface area (Å²) in [6.07, 6.45) is 5.14. The van der Waals surface area contributed by atoms with Crippen molar-refractivity contribution in [1.82, 2.24) is 10.2 Å². The maximum atomic E-state index is 10.6. The quantitative estimate of drug-likeness (QED) is 0.153. The summed E-state index contributed by atoms with van der Waals surface area (Å²) in [6.45, 7) is 7.50. The molecule has 0 atom stereocenters. The van der Waals surface area contributed by atoms with Crippen LogP contribution in [0.25, 0.3) is 0 Å². The largest absolute Gasteiger partial charge is 0.464 e. The van der Waals surface area contributed by atoms with Crippen LogP contribution < -0.4 is 5.32 Å². The van der Waals surface area contributed by atoms with Gasteiger partial charge in [-0.3, -0.25) is 20.0 Å². The van der Waals surface area contributed by atoms with Gasteiger partial charge in [-0.1, -0.05) is 19.8 Å². The zero-order valence-corrected chi connectivity index (χ0v) is 15.7. The third-order valence-electron chi connectivity index (χ3n) is 3.45. The van der Waals surface area contributed by atoms with E-state index in [0.29, 0.717) is 12.4 Å². The van der Waals surface area contributed by atoms with Gasteiger partial charge in [0.25, 0.3) is 6.54 Å². The maximum absolute atomic E-state index is 10.6. The molecule has 0 spiro atoms. The number of terminal acetylenes is 1. The highest BCUT2D eigenvalue weighted by molar-refractivity contribution is 7.98. The molecule has 25 heavy (non-hydrogen) atoms. The minimum atomic E-state index is -0.421. The van der Waals surface area contributed by atoms with Gasteiger partial charge in [0.15, 0.2) is 5.84 Å². The number of nitro groups is 1. The first-order valence-corrected chi connectivity index (χ1v) is 9.44. The van der Waals surface area contributed by atoms with Crippen molar-refractivity contribution in [2.24, 2.45) is 4.99 Å². The van der Waals surface area contributed by atoms with Crippen LogP contribution in [-0.2, 0) is 12.3 Å². The van der Waals surface area contributed by atoms with E-state index in [0.717, 1.165) is 42.7 Å². The highest BCUT2D eigenvalue weighted by atomic mass is 32.2. The number of nitrogens with one attached hydrogen (secondary N) is 1. The van der Waals surface area contributed by atoms with E-state index in [2.05, 4.69) is 35.0 Å². The second-order valence-electron chi connectivity index (χ2n) is 5.26. The van der Waals surface area contributed by atoms with Crippen molar-refractivity contribution < 1.29 is 9.34 Å². The summed E-state index contributed by atoms with van der Waals surface area (Å²) in [5.41, 5.74) is 0. The molecular weight excluding hydrogens is 340 g/mol. The van der Waals surface area contributed by atoms with Crippen LogP contribution in [-0.4, -0.2) is 54.1 Å². The average molecular weight is 366 g/mol. The van der Waals surface area contributed by atoms with Crippen molar-refractivity contribution >= 4 is 17.6 Å². The number of amidine groups is 1. The van der Waals surface area contributed by atoms with Crippen LogP contribution in [0.15, 0.2) is 21.5 Å². The Morgan fingerprint density at radius 2 is 2.16 bits per heavy atom. The van der Waals surface area contributed by atoms with Crippen molar-refractivity contribution in [3.63, 3.8) is 0 Å². The molecule has 0 saturated carbocycles. The van der Waals surface area contributed by atoms with E-state index >= 15 is 0 Å². The van der Waals surface area contributed by atoms with Crippen LogP contribution in [0.4, 0.5) is 0 Å². The highest BCUT2D eigenvalue weighted by Crippen LogP contribution is 2.16. The molecule has 0 aliphatic rings. The monoisotopic (exact) mass is 366 g/mol. The van der Waals surface area contributed by atoms with Crippen molar-refractivity contribution in [3.05, 3.63) is 33.8 Å². The number of nitrogens with zero attached hydrogens (tertiary/aromatic N) is 3. The Morgan fingerprint density at radius 3 is 2.80 bits per heavy atom. The molecule has 0 radical (unpaired) electrons. The average Bonchev–Trinajstić information content (AvgIpc) is 3.04. The molecule has 0 bridgehead atoms. The first-order valence-electron chi connectivity index (χ1n) is 8.29. The van der Waals surface area contributed by atoms with E-state index in [1.807, 2.05) is 12.1 Å². The molecule has 0 fully saturated rings. The van der Waals surface area contributed by atoms with Crippen LogP contribution in [0.2, 0.25) is 0 Å². The molecule has 0 unspecified atom stereocenters. The SMILES string of the molecule is C#CCNC(C[N+](=O)[O-])=NCCSCc1ccc(CN(CC)CC)o1.